The lowest BCUT2D eigenvalue weighted by molar-refractivity contribution is -0.126. The normalized spacial score (nSPS) is 17.3. The van der Waals surface area contributed by atoms with Crippen LogP contribution in [-0.2, 0) is 4.79 Å². The molecular weight excluding hydrogens is 384 g/mol. The Bertz CT molecular complexity index is 1040. The van der Waals surface area contributed by atoms with Crippen LogP contribution in [0.1, 0.15) is 48.0 Å². The molecule has 4 heteroatoms. The maximum absolute atomic E-state index is 13.2. The fraction of sp³-hybridized carbons (Fsp3) is 0.333. The first kappa shape index (κ1) is 21.1. The van der Waals surface area contributed by atoms with Crippen molar-refractivity contribution < 1.29 is 9.59 Å². The third kappa shape index (κ3) is 4.96. The van der Waals surface area contributed by atoms with Crippen LogP contribution in [0.2, 0.25) is 0 Å². The molecule has 3 aromatic carbocycles. The molecule has 0 aliphatic carbocycles. The minimum Gasteiger partial charge on any atom is -0.356 e. The van der Waals surface area contributed by atoms with Crippen molar-refractivity contribution in [2.45, 2.75) is 32.1 Å². The van der Waals surface area contributed by atoms with Crippen molar-refractivity contribution in [3.05, 3.63) is 83.9 Å². The van der Waals surface area contributed by atoms with E-state index >= 15 is 0 Å². The molecule has 4 nitrogen and oxygen atoms in total. The van der Waals surface area contributed by atoms with E-state index in [-0.39, 0.29) is 17.7 Å². The molecule has 1 N–H and O–H groups in total. The Morgan fingerprint density at radius 1 is 1.00 bits per heavy atom. The highest BCUT2D eigenvalue weighted by molar-refractivity contribution is 6.07. The van der Waals surface area contributed by atoms with E-state index in [1.165, 1.54) is 5.56 Å². The number of amides is 2. The van der Waals surface area contributed by atoms with Crippen molar-refractivity contribution in [3.63, 3.8) is 0 Å². The van der Waals surface area contributed by atoms with E-state index in [0.717, 1.165) is 35.6 Å². The van der Waals surface area contributed by atoms with Crippen molar-refractivity contribution in [2.24, 2.45) is 5.92 Å². The number of rotatable bonds is 6. The van der Waals surface area contributed by atoms with Crippen LogP contribution in [0.4, 0.5) is 0 Å². The van der Waals surface area contributed by atoms with Gasteiger partial charge in [0, 0.05) is 25.2 Å². The van der Waals surface area contributed by atoms with Gasteiger partial charge in [-0.05, 0) is 47.6 Å². The van der Waals surface area contributed by atoms with E-state index < -0.39 is 0 Å². The largest absolute Gasteiger partial charge is 0.356 e. The average Bonchev–Trinajstić information content (AvgIpc) is 2.83. The topological polar surface area (TPSA) is 49.4 Å². The van der Waals surface area contributed by atoms with Crippen LogP contribution in [0.3, 0.4) is 0 Å². The molecule has 0 spiro atoms. The lowest BCUT2D eigenvalue weighted by Gasteiger charge is -2.32. The number of hydrogen-bond donors (Lipinski definition) is 1. The summed E-state index contributed by atoms with van der Waals surface area (Å²) in [5.41, 5.74) is 2.01. The molecule has 1 heterocycles. The number of nitrogens with one attached hydrogen (secondary N) is 1. The van der Waals surface area contributed by atoms with E-state index in [1.807, 2.05) is 65.6 Å². The van der Waals surface area contributed by atoms with Gasteiger partial charge in [-0.1, -0.05) is 73.7 Å². The molecule has 2 atom stereocenters. The van der Waals surface area contributed by atoms with Gasteiger partial charge in [0.2, 0.25) is 5.91 Å². The standard InChI is InChI=1S/C27H30N2O2/c1-20(21-9-3-2-4-10-21)16-17-28-26(30)23-13-8-18-29(19-23)27(31)25-15-7-12-22-11-5-6-14-24(22)25/h2-7,9-12,14-15,20,23H,8,13,16-19H2,1H3,(H,28,30). The monoisotopic (exact) mass is 414 g/mol. The lowest BCUT2D eigenvalue weighted by Crippen LogP contribution is -2.45. The van der Waals surface area contributed by atoms with E-state index in [0.29, 0.717) is 25.6 Å². The molecule has 2 amide bonds. The molecule has 1 saturated heterocycles. The fourth-order valence-corrected chi connectivity index (χ4v) is 4.46. The van der Waals surface area contributed by atoms with E-state index in [9.17, 15) is 9.59 Å². The molecule has 0 radical (unpaired) electrons. The number of benzene rings is 3. The van der Waals surface area contributed by atoms with Crippen molar-refractivity contribution in [1.29, 1.82) is 0 Å². The van der Waals surface area contributed by atoms with Gasteiger partial charge >= 0.3 is 0 Å². The Labute approximate surface area is 184 Å². The number of fused-ring (bicyclic) bond motifs is 1. The molecule has 1 fully saturated rings. The van der Waals surface area contributed by atoms with E-state index in [1.54, 1.807) is 0 Å². The van der Waals surface area contributed by atoms with Gasteiger partial charge in [0.1, 0.15) is 0 Å². The summed E-state index contributed by atoms with van der Waals surface area (Å²) in [6.07, 6.45) is 2.59. The summed E-state index contributed by atoms with van der Waals surface area (Å²) in [5, 5.41) is 5.14. The zero-order valence-electron chi connectivity index (χ0n) is 18.1. The molecule has 4 rings (SSSR count). The predicted molar refractivity (Wildman–Crippen MR) is 125 cm³/mol. The smallest absolute Gasteiger partial charge is 0.254 e. The molecule has 1 aliphatic heterocycles. The fourth-order valence-electron chi connectivity index (χ4n) is 4.46. The van der Waals surface area contributed by atoms with Gasteiger partial charge in [0.25, 0.3) is 5.91 Å². The van der Waals surface area contributed by atoms with E-state index in [2.05, 4.69) is 24.4 Å². The molecule has 0 aromatic heterocycles. The highest BCUT2D eigenvalue weighted by Crippen LogP contribution is 2.24. The summed E-state index contributed by atoms with van der Waals surface area (Å²) >= 11 is 0. The molecule has 3 aromatic rings. The Kier molecular flexibility index (Phi) is 6.66. The Balaban J connectivity index is 1.34. The number of carbonyl (C=O) groups is 2. The zero-order valence-corrected chi connectivity index (χ0v) is 18.1. The number of hydrogen-bond acceptors (Lipinski definition) is 2. The predicted octanol–water partition coefficient (Wildman–Crippen LogP) is 5.00. The Morgan fingerprint density at radius 3 is 2.58 bits per heavy atom. The summed E-state index contributed by atoms with van der Waals surface area (Å²) in [4.78, 5) is 27.9. The third-order valence-electron chi connectivity index (χ3n) is 6.34. The minimum absolute atomic E-state index is 0.0204. The number of carbonyl (C=O) groups excluding carboxylic acids is 2. The summed E-state index contributed by atoms with van der Waals surface area (Å²) < 4.78 is 0. The van der Waals surface area contributed by atoms with Crippen LogP contribution in [0.15, 0.2) is 72.8 Å². The number of piperidine rings is 1. The second-order valence-corrected chi connectivity index (χ2v) is 8.51. The summed E-state index contributed by atoms with van der Waals surface area (Å²) in [6.45, 7) is 4.04. The van der Waals surface area contributed by atoms with Crippen molar-refractivity contribution >= 4 is 22.6 Å². The first-order chi connectivity index (χ1) is 15.1. The van der Waals surface area contributed by atoms with E-state index in [4.69, 9.17) is 0 Å². The van der Waals surface area contributed by atoms with Crippen LogP contribution in [0.25, 0.3) is 10.8 Å². The summed E-state index contributed by atoms with van der Waals surface area (Å²) in [6, 6.07) is 24.2. The average molecular weight is 415 g/mol. The van der Waals surface area contributed by atoms with Crippen LogP contribution in [-0.4, -0.2) is 36.3 Å². The van der Waals surface area contributed by atoms with Crippen LogP contribution >= 0.6 is 0 Å². The first-order valence-corrected chi connectivity index (χ1v) is 11.2. The van der Waals surface area contributed by atoms with Crippen molar-refractivity contribution in [1.82, 2.24) is 10.2 Å². The van der Waals surface area contributed by atoms with Gasteiger partial charge in [-0.25, -0.2) is 0 Å². The quantitative estimate of drug-likeness (QED) is 0.617. The second kappa shape index (κ2) is 9.78. The highest BCUT2D eigenvalue weighted by atomic mass is 16.2. The van der Waals surface area contributed by atoms with Crippen LogP contribution < -0.4 is 5.32 Å². The molecular formula is C27H30N2O2. The third-order valence-corrected chi connectivity index (χ3v) is 6.34. The second-order valence-electron chi connectivity index (χ2n) is 8.51. The Hall–Kier alpha value is -3.14. The highest BCUT2D eigenvalue weighted by Gasteiger charge is 2.29. The molecule has 0 bridgehead atoms. The van der Waals surface area contributed by atoms with Gasteiger partial charge in [-0.15, -0.1) is 0 Å². The summed E-state index contributed by atoms with van der Waals surface area (Å²) in [7, 11) is 0. The van der Waals surface area contributed by atoms with Gasteiger partial charge in [0.05, 0.1) is 5.92 Å². The molecule has 0 saturated carbocycles. The van der Waals surface area contributed by atoms with Gasteiger partial charge in [-0.2, -0.15) is 0 Å². The van der Waals surface area contributed by atoms with Gasteiger partial charge in [-0.3, -0.25) is 9.59 Å². The molecule has 2 unspecified atom stereocenters. The van der Waals surface area contributed by atoms with Gasteiger partial charge < -0.3 is 10.2 Å². The van der Waals surface area contributed by atoms with Gasteiger partial charge in [0.15, 0.2) is 0 Å². The first-order valence-electron chi connectivity index (χ1n) is 11.2. The molecule has 1 aliphatic rings. The van der Waals surface area contributed by atoms with Crippen LogP contribution in [0, 0.1) is 5.92 Å². The summed E-state index contributed by atoms with van der Waals surface area (Å²) in [5.74, 6) is 0.347. The zero-order chi connectivity index (χ0) is 21.6. The minimum atomic E-state index is -0.139. The molecule has 31 heavy (non-hydrogen) atoms. The van der Waals surface area contributed by atoms with Crippen molar-refractivity contribution in [2.75, 3.05) is 19.6 Å². The SMILES string of the molecule is CC(CCNC(=O)C1CCCN(C(=O)c2cccc3ccccc23)C1)c1ccccc1. The van der Waals surface area contributed by atoms with Crippen LogP contribution in [0.5, 0.6) is 0 Å². The number of likely N-dealkylation sites (tertiary alicyclic amines) is 1. The lowest BCUT2D eigenvalue weighted by atomic mass is 9.95. The maximum atomic E-state index is 13.2. The van der Waals surface area contributed by atoms with Crippen molar-refractivity contribution in [3.8, 4) is 0 Å². The number of nitrogens with zero attached hydrogens (tertiary/aromatic N) is 1. The Morgan fingerprint density at radius 2 is 1.74 bits per heavy atom. The molecule has 160 valence electrons. The maximum Gasteiger partial charge on any atom is 0.254 e.